The Hall–Kier alpha value is -4.39. The fourth-order valence-corrected chi connectivity index (χ4v) is 3.79. The standard InChI is InChI=1S/C23H23N3O9S/c1-15(28)33-13-19(12-27)35-23-21(34-18-6-4-5-17(11-18)32-3)22(24-14-25-23)26-36(29,30)20-9-7-16(31-2)8-10-20/h4-12,14,19H,13H2,1-3H3,(H,24,25,26). The fraction of sp³-hybridized carbons (Fsp3) is 0.217. The molecule has 1 aromatic heterocycles. The van der Waals surface area contributed by atoms with E-state index in [1.807, 2.05) is 0 Å². The predicted octanol–water partition coefficient (Wildman–Crippen LogP) is 2.60. The Labute approximate surface area is 207 Å². The van der Waals surface area contributed by atoms with E-state index >= 15 is 0 Å². The van der Waals surface area contributed by atoms with Crippen molar-refractivity contribution in [3.05, 3.63) is 54.9 Å². The molecule has 1 heterocycles. The number of aromatic nitrogens is 2. The SMILES string of the molecule is COc1ccc(S(=O)(=O)Nc2ncnc(OC(C=O)COC(C)=O)c2Oc2cccc(OC)c2)cc1. The first-order valence-corrected chi connectivity index (χ1v) is 11.8. The zero-order valence-corrected chi connectivity index (χ0v) is 20.4. The van der Waals surface area contributed by atoms with E-state index in [0.29, 0.717) is 17.8 Å². The van der Waals surface area contributed by atoms with Crippen molar-refractivity contribution in [2.45, 2.75) is 17.9 Å². The molecule has 3 aromatic rings. The van der Waals surface area contributed by atoms with Crippen molar-refractivity contribution in [3.63, 3.8) is 0 Å². The van der Waals surface area contributed by atoms with E-state index in [0.717, 1.165) is 6.33 Å². The molecule has 13 heteroatoms. The number of hydrogen-bond donors (Lipinski definition) is 1. The Kier molecular flexibility index (Phi) is 8.62. The van der Waals surface area contributed by atoms with E-state index in [4.69, 9.17) is 23.7 Å². The number of rotatable bonds is 12. The van der Waals surface area contributed by atoms with Gasteiger partial charge in [-0.15, -0.1) is 0 Å². The lowest BCUT2D eigenvalue weighted by molar-refractivity contribution is -0.144. The van der Waals surface area contributed by atoms with Gasteiger partial charge in [-0.2, -0.15) is 4.98 Å². The van der Waals surface area contributed by atoms with Gasteiger partial charge in [0.05, 0.1) is 19.1 Å². The summed E-state index contributed by atoms with van der Waals surface area (Å²) < 4.78 is 54.9. The molecule has 0 saturated carbocycles. The second kappa shape index (κ2) is 11.8. The molecule has 0 amide bonds. The van der Waals surface area contributed by atoms with Crippen LogP contribution in [0.3, 0.4) is 0 Å². The number of sulfonamides is 1. The van der Waals surface area contributed by atoms with E-state index in [1.165, 1.54) is 51.5 Å². The second-order valence-electron chi connectivity index (χ2n) is 7.01. The number of ether oxygens (including phenoxy) is 5. The van der Waals surface area contributed by atoms with Crippen LogP contribution in [0.4, 0.5) is 5.82 Å². The Morgan fingerprint density at radius 2 is 1.72 bits per heavy atom. The molecule has 1 atom stereocenters. The molecular weight excluding hydrogens is 494 g/mol. The molecule has 0 fully saturated rings. The van der Waals surface area contributed by atoms with Gasteiger partial charge in [0.15, 0.2) is 18.2 Å². The molecule has 3 rings (SSSR count). The number of methoxy groups -OCH3 is 2. The highest BCUT2D eigenvalue weighted by molar-refractivity contribution is 7.92. The van der Waals surface area contributed by atoms with Gasteiger partial charge in [0.25, 0.3) is 15.9 Å². The van der Waals surface area contributed by atoms with Crippen molar-refractivity contribution in [2.24, 2.45) is 0 Å². The highest BCUT2D eigenvalue weighted by atomic mass is 32.2. The minimum atomic E-state index is -4.13. The Morgan fingerprint density at radius 1 is 1.03 bits per heavy atom. The molecule has 0 bridgehead atoms. The second-order valence-corrected chi connectivity index (χ2v) is 8.70. The number of carbonyl (C=O) groups excluding carboxylic acids is 2. The van der Waals surface area contributed by atoms with Crippen LogP contribution in [0.2, 0.25) is 0 Å². The molecule has 0 spiro atoms. The Balaban J connectivity index is 2.00. The molecule has 36 heavy (non-hydrogen) atoms. The number of anilines is 1. The summed E-state index contributed by atoms with van der Waals surface area (Å²) in [7, 11) is -1.20. The van der Waals surface area contributed by atoms with Crippen LogP contribution in [-0.4, -0.2) is 57.6 Å². The average molecular weight is 518 g/mol. The minimum Gasteiger partial charge on any atom is -0.497 e. The molecular formula is C23H23N3O9S. The van der Waals surface area contributed by atoms with Crippen molar-refractivity contribution in [1.29, 1.82) is 0 Å². The van der Waals surface area contributed by atoms with Crippen LogP contribution in [0.15, 0.2) is 59.8 Å². The van der Waals surface area contributed by atoms with E-state index in [9.17, 15) is 18.0 Å². The lowest BCUT2D eigenvalue weighted by Crippen LogP contribution is -2.26. The summed E-state index contributed by atoms with van der Waals surface area (Å²) in [5, 5.41) is 0. The van der Waals surface area contributed by atoms with Crippen LogP contribution < -0.4 is 23.7 Å². The molecule has 1 N–H and O–H groups in total. The van der Waals surface area contributed by atoms with E-state index < -0.39 is 28.7 Å². The van der Waals surface area contributed by atoms with Crippen LogP contribution in [0.25, 0.3) is 0 Å². The van der Waals surface area contributed by atoms with Gasteiger partial charge in [-0.05, 0) is 36.4 Å². The van der Waals surface area contributed by atoms with Gasteiger partial charge in [-0.3, -0.25) is 14.3 Å². The summed E-state index contributed by atoms with van der Waals surface area (Å²) in [6.07, 6.45) is 0.178. The topological polar surface area (TPSA) is 152 Å². The monoisotopic (exact) mass is 517 g/mol. The maximum Gasteiger partial charge on any atom is 0.302 e. The van der Waals surface area contributed by atoms with Gasteiger partial charge >= 0.3 is 5.97 Å². The average Bonchev–Trinajstić information content (AvgIpc) is 2.88. The largest absolute Gasteiger partial charge is 0.497 e. The van der Waals surface area contributed by atoms with Crippen molar-refractivity contribution in [1.82, 2.24) is 9.97 Å². The van der Waals surface area contributed by atoms with Crippen LogP contribution in [-0.2, 0) is 24.3 Å². The third kappa shape index (κ3) is 6.82. The zero-order chi connectivity index (χ0) is 26.1. The number of benzene rings is 2. The third-order valence-corrected chi connectivity index (χ3v) is 5.85. The highest BCUT2D eigenvalue weighted by Crippen LogP contribution is 2.38. The van der Waals surface area contributed by atoms with Crippen molar-refractivity contribution < 1.29 is 41.7 Å². The number of nitrogens with one attached hydrogen (secondary N) is 1. The molecule has 0 aliphatic carbocycles. The highest BCUT2D eigenvalue weighted by Gasteiger charge is 2.24. The van der Waals surface area contributed by atoms with Gasteiger partial charge in [0.1, 0.15) is 30.2 Å². The maximum atomic E-state index is 13.0. The molecule has 0 radical (unpaired) electrons. The van der Waals surface area contributed by atoms with Crippen molar-refractivity contribution >= 4 is 28.1 Å². The molecule has 1 unspecified atom stereocenters. The Bertz CT molecular complexity index is 1310. The van der Waals surface area contributed by atoms with E-state index in [2.05, 4.69) is 14.7 Å². The summed E-state index contributed by atoms with van der Waals surface area (Å²) >= 11 is 0. The van der Waals surface area contributed by atoms with Crippen LogP contribution in [0.5, 0.6) is 28.9 Å². The summed E-state index contributed by atoms with van der Waals surface area (Å²) in [4.78, 5) is 30.5. The van der Waals surface area contributed by atoms with Gasteiger partial charge in [0, 0.05) is 13.0 Å². The lowest BCUT2D eigenvalue weighted by Gasteiger charge is -2.18. The number of hydrogen-bond acceptors (Lipinski definition) is 11. The third-order valence-electron chi connectivity index (χ3n) is 4.50. The van der Waals surface area contributed by atoms with Gasteiger partial charge in [-0.25, -0.2) is 13.4 Å². The molecule has 0 aliphatic heterocycles. The summed E-state index contributed by atoms with van der Waals surface area (Å²) in [6, 6.07) is 12.1. The summed E-state index contributed by atoms with van der Waals surface area (Å²) in [6.45, 7) is 0.782. The number of aldehydes is 1. The molecule has 190 valence electrons. The predicted molar refractivity (Wildman–Crippen MR) is 126 cm³/mol. The minimum absolute atomic E-state index is 0.0719. The molecule has 0 aliphatic rings. The molecule has 2 aromatic carbocycles. The van der Waals surface area contributed by atoms with E-state index in [1.54, 1.807) is 18.2 Å². The van der Waals surface area contributed by atoms with Gasteiger partial charge in [-0.1, -0.05) is 6.07 Å². The van der Waals surface area contributed by atoms with Gasteiger partial charge in [0.2, 0.25) is 5.75 Å². The zero-order valence-electron chi connectivity index (χ0n) is 19.5. The maximum absolute atomic E-state index is 13.0. The normalized spacial score (nSPS) is 11.6. The first-order valence-electron chi connectivity index (χ1n) is 10.3. The molecule has 12 nitrogen and oxygen atoms in total. The van der Waals surface area contributed by atoms with E-state index in [-0.39, 0.29) is 28.1 Å². The number of nitrogens with zero attached hydrogens (tertiary/aromatic N) is 2. The summed E-state index contributed by atoms with van der Waals surface area (Å²) in [5.41, 5.74) is 0. The van der Waals surface area contributed by atoms with Crippen molar-refractivity contribution in [2.75, 3.05) is 25.5 Å². The quantitative estimate of drug-likeness (QED) is 0.279. The lowest BCUT2D eigenvalue weighted by atomic mass is 10.3. The first kappa shape index (κ1) is 26.2. The Morgan fingerprint density at radius 3 is 2.36 bits per heavy atom. The first-order chi connectivity index (χ1) is 17.2. The molecule has 0 saturated heterocycles. The van der Waals surface area contributed by atoms with Crippen LogP contribution in [0, 0.1) is 0 Å². The fourth-order valence-electron chi connectivity index (χ4n) is 2.77. The smallest absolute Gasteiger partial charge is 0.302 e. The van der Waals surface area contributed by atoms with Crippen molar-refractivity contribution in [3.8, 4) is 28.9 Å². The number of esters is 1. The van der Waals surface area contributed by atoms with Gasteiger partial charge < -0.3 is 23.7 Å². The van der Waals surface area contributed by atoms with Crippen LogP contribution in [0.1, 0.15) is 6.92 Å². The van der Waals surface area contributed by atoms with Crippen LogP contribution >= 0.6 is 0 Å². The number of carbonyl (C=O) groups is 2. The summed E-state index contributed by atoms with van der Waals surface area (Å²) in [5.74, 6) is -0.220.